The SMILES string of the molecule is C1=NC(c2cc3ccccc3[nH]2)CCC1. The van der Waals surface area contributed by atoms with Crippen molar-refractivity contribution >= 4 is 17.1 Å². The molecule has 1 N–H and O–H groups in total. The third-order valence-electron chi connectivity index (χ3n) is 3.01. The van der Waals surface area contributed by atoms with Gasteiger partial charge in [-0.2, -0.15) is 0 Å². The summed E-state index contributed by atoms with van der Waals surface area (Å²) in [5.41, 5.74) is 2.47. The number of aromatic nitrogens is 1. The fourth-order valence-electron chi connectivity index (χ4n) is 2.19. The lowest BCUT2D eigenvalue weighted by molar-refractivity contribution is 0.594. The Morgan fingerprint density at radius 3 is 3.00 bits per heavy atom. The van der Waals surface area contributed by atoms with Crippen molar-refractivity contribution in [2.75, 3.05) is 0 Å². The molecule has 3 rings (SSSR count). The van der Waals surface area contributed by atoms with Gasteiger partial charge in [0, 0.05) is 11.2 Å². The number of para-hydroxylation sites is 1. The molecule has 0 aliphatic carbocycles. The predicted octanol–water partition coefficient (Wildman–Crippen LogP) is 3.46. The van der Waals surface area contributed by atoms with Crippen molar-refractivity contribution in [1.29, 1.82) is 0 Å². The van der Waals surface area contributed by atoms with E-state index in [0.29, 0.717) is 6.04 Å². The Kier molecular flexibility index (Phi) is 2.05. The van der Waals surface area contributed by atoms with Crippen molar-refractivity contribution in [3.63, 3.8) is 0 Å². The van der Waals surface area contributed by atoms with Crippen LogP contribution in [0.3, 0.4) is 0 Å². The molecule has 0 bridgehead atoms. The lowest BCUT2D eigenvalue weighted by Crippen LogP contribution is -2.01. The van der Waals surface area contributed by atoms with E-state index in [1.807, 2.05) is 0 Å². The van der Waals surface area contributed by atoms with Crippen LogP contribution in [0, 0.1) is 0 Å². The molecule has 2 nitrogen and oxygen atoms in total. The van der Waals surface area contributed by atoms with Crippen LogP contribution in [-0.2, 0) is 0 Å². The van der Waals surface area contributed by atoms with Gasteiger partial charge in [0.05, 0.1) is 6.04 Å². The average molecular weight is 198 g/mol. The fraction of sp³-hybridized carbons (Fsp3) is 0.308. The zero-order valence-electron chi connectivity index (χ0n) is 8.61. The first-order valence-corrected chi connectivity index (χ1v) is 5.53. The summed E-state index contributed by atoms with van der Waals surface area (Å²) < 4.78 is 0. The van der Waals surface area contributed by atoms with Gasteiger partial charge < -0.3 is 4.98 Å². The fourth-order valence-corrected chi connectivity index (χ4v) is 2.19. The smallest absolute Gasteiger partial charge is 0.0894 e. The Morgan fingerprint density at radius 2 is 2.20 bits per heavy atom. The van der Waals surface area contributed by atoms with Crippen LogP contribution in [0.25, 0.3) is 10.9 Å². The Bertz CT molecular complexity index is 463. The highest BCUT2D eigenvalue weighted by atomic mass is 14.9. The first-order valence-electron chi connectivity index (χ1n) is 5.53. The Labute approximate surface area is 89.0 Å². The number of aliphatic imine (C=N–C) groups is 1. The standard InChI is InChI=1S/C13H14N2/c1-2-6-11-10(5-1)9-13(15-11)12-7-3-4-8-14-12/h1-2,5-6,8-9,12,15H,3-4,7H2. The van der Waals surface area contributed by atoms with Crippen LogP contribution in [0.15, 0.2) is 35.3 Å². The van der Waals surface area contributed by atoms with Gasteiger partial charge in [-0.25, -0.2) is 0 Å². The van der Waals surface area contributed by atoms with E-state index in [0.717, 1.165) is 6.42 Å². The summed E-state index contributed by atoms with van der Waals surface area (Å²) in [4.78, 5) is 7.99. The van der Waals surface area contributed by atoms with Crippen LogP contribution >= 0.6 is 0 Å². The van der Waals surface area contributed by atoms with Crippen LogP contribution in [0.2, 0.25) is 0 Å². The van der Waals surface area contributed by atoms with Crippen molar-refractivity contribution in [1.82, 2.24) is 4.98 Å². The number of H-pyrrole nitrogens is 1. The second-order valence-corrected chi connectivity index (χ2v) is 4.09. The number of fused-ring (bicyclic) bond motifs is 1. The molecule has 1 aromatic carbocycles. The minimum Gasteiger partial charge on any atom is -0.357 e. The number of benzene rings is 1. The van der Waals surface area contributed by atoms with Gasteiger partial charge in [0.15, 0.2) is 0 Å². The van der Waals surface area contributed by atoms with Gasteiger partial charge in [-0.3, -0.25) is 4.99 Å². The number of hydrogen-bond acceptors (Lipinski definition) is 1. The van der Waals surface area contributed by atoms with Gasteiger partial charge in [-0.15, -0.1) is 0 Å². The molecule has 1 aromatic heterocycles. The quantitative estimate of drug-likeness (QED) is 0.727. The topological polar surface area (TPSA) is 28.1 Å². The number of aromatic amines is 1. The monoisotopic (exact) mass is 198 g/mol. The second kappa shape index (κ2) is 3.54. The minimum absolute atomic E-state index is 0.353. The van der Waals surface area contributed by atoms with Crippen LogP contribution in [0.5, 0.6) is 0 Å². The number of nitrogens with zero attached hydrogens (tertiary/aromatic N) is 1. The number of hydrogen-bond donors (Lipinski definition) is 1. The van der Waals surface area contributed by atoms with Crippen molar-refractivity contribution in [3.8, 4) is 0 Å². The lowest BCUT2D eigenvalue weighted by Gasteiger charge is -2.13. The van der Waals surface area contributed by atoms with E-state index >= 15 is 0 Å². The van der Waals surface area contributed by atoms with Gasteiger partial charge in [-0.1, -0.05) is 18.2 Å². The summed E-state index contributed by atoms with van der Waals surface area (Å²) in [7, 11) is 0. The van der Waals surface area contributed by atoms with E-state index in [2.05, 4.69) is 46.5 Å². The van der Waals surface area contributed by atoms with E-state index in [4.69, 9.17) is 0 Å². The molecule has 2 heteroatoms. The Morgan fingerprint density at radius 1 is 1.27 bits per heavy atom. The zero-order valence-corrected chi connectivity index (χ0v) is 8.61. The maximum atomic E-state index is 4.54. The third kappa shape index (κ3) is 1.56. The second-order valence-electron chi connectivity index (χ2n) is 4.09. The summed E-state index contributed by atoms with van der Waals surface area (Å²) in [5, 5.41) is 1.29. The molecule has 2 heterocycles. The number of rotatable bonds is 1. The van der Waals surface area contributed by atoms with Gasteiger partial charge in [0.2, 0.25) is 0 Å². The highest BCUT2D eigenvalue weighted by molar-refractivity contribution is 5.80. The summed E-state index contributed by atoms with van der Waals surface area (Å²) in [6.07, 6.45) is 5.61. The van der Waals surface area contributed by atoms with Crippen molar-refractivity contribution in [3.05, 3.63) is 36.0 Å². The molecule has 1 unspecified atom stereocenters. The largest absolute Gasteiger partial charge is 0.357 e. The highest BCUT2D eigenvalue weighted by Gasteiger charge is 2.13. The van der Waals surface area contributed by atoms with Crippen molar-refractivity contribution in [2.24, 2.45) is 4.99 Å². The molecule has 2 aromatic rings. The molecule has 0 fully saturated rings. The molecule has 0 spiro atoms. The normalized spacial score (nSPS) is 20.9. The first-order chi connectivity index (χ1) is 7.43. The molecular weight excluding hydrogens is 184 g/mol. The van der Waals surface area contributed by atoms with Crippen molar-refractivity contribution in [2.45, 2.75) is 25.3 Å². The molecule has 1 aliphatic heterocycles. The molecule has 0 amide bonds. The first kappa shape index (κ1) is 8.72. The van der Waals surface area contributed by atoms with Gasteiger partial charge in [0.25, 0.3) is 0 Å². The Balaban J connectivity index is 2.03. The van der Waals surface area contributed by atoms with E-state index in [1.54, 1.807) is 0 Å². The molecule has 76 valence electrons. The van der Waals surface area contributed by atoms with Crippen LogP contribution in [-0.4, -0.2) is 11.2 Å². The molecular formula is C13H14N2. The maximum absolute atomic E-state index is 4.54. The predicted molar refractivity (Wildman–Crippen MR) is 63.4 cm³/mol. The van der Waals surface area contributed by atoms with E-state index < -0.39 is 0 Å². The molecule has 0 saturated carbocycles. The molecule has 1 aliphatic rings. The van der Waals surface area contributed by atoms with Crippen molar-refractivity contribution < 1.29 is 0 Å². The minimum atomic E-state index is 0.353. The lowest BCUT2D eigenvalue weighted by atomic mass is 10.0. The van der Waals surface area contributed by atoms with E-state index in [9.17, 15) is 0 Å². The van der Waals surface area contributed by atoms with Gasteiger partial charge in [-0.05, 0) is 43.0 Å². The van der Waals surface area contributed by atoms with Crippen LogP contribution in [0.1, 0.15) is 31.0 Å². The summed E-state index contributed by atoms with van der Waals surface area (Å²) >= 11 is 0. The van der Waals surface area contributed by atoms with Crippen LogP contribution < -0.4 is 0 Å². The molecule has 0 saturated heterocycles. The third-order valence-corrected chi connectivity index (χ3v) is 3.01. The number of nitrogens with one attached hydrogen (secondary N) is 1. The summed E-state index contributed by atoms with van der Waals surface area (Å²) in [5.74, 6) is 0. The van der Waals surface area contributed by atoms with E-state index in [1.165, 1.54) is 29.4 Å². The van der Waals surface area contributed by atoms with Crippen LogP contribution in [0.4, 0.5) is 0 Å². The van der Waals surface area contributed by atoms with Gasteiger partial charge >= 0.3 is 0 Å². The zero-order chi connectivity index (χ0) is 10.1. The summed E-state index contributed by atoms with van der Waals surface area (Å²) in [6.45, 7) is 0. The molecule has 15 heavy (non-hydrogen) atoms. The highest BCUT2D eigenvalue weighted by Crippen LogP contribution is 2.28. The Hall–Kier alpha value is -1.57. The maximum Gasteiger partial charge on any atom is 0.0894 e. The van der Waals surface area contributed by atoms with E-state index in [-0.39, 0.29) is 0 Å². The average Bonchev–Trinajstić information content (AvgIpc) is 2.74. The summed E-state index contributed by atoms with van der Waals surface area (Å²) in [6, 6.07) is 11.0. The molecule has 0 radical (unpaired) electrons. The van der Waals surface area contributed by atoms with Gasteiger partial charge in [0.1, 0.15) is 0 Å². The molecule has 1 atom stereocenters.